The SMILES string of the molecule is CN(Cc1ccc(F)cc1Br)c1cc(Cl)ccc1N. The molecule has 0 saturated heterocycles. The predicted octanol–water partition coefficient (Wildman–Crippen LogP) is 4.46. The summed E-state index contributed by atoms with van der Waals surface area (Å²) in [7, 11) is 1.91. The Morgan fingerprint density at radius 1 is 1.26 bits per heavy atom. The van der Waals surface area contributed by atoms with Crippen LogP contribution in [0, 0.1) is 5.82 Å². The smallest absolute Gasteiger partial charge is 0.124 e. The van der Waals surface area contributed by atoms with E-state index in [-0.39, 0.29) is 5.82 Å². The Kier molecular flexibility index (Phi) is 4.32. The number of halogens is 3. The van der Waals surface area contributed by atoms with Gasteiger partial charge in [-0.1, -0.05) is 33.6 Å². The lowest BCUT2D eigenvalue weighted by Gasteiger charge is -2.22. The van der Waals surface area contributed by atoms with E-state index in [0.717, 1.165) is 15.7 Å². The second-order valence-electron chi connectivity index (χ2n) is 4.29. The second-order valence-corrected chi connectivity index (χ2v) is 5.59. The summed E-state index contributed by atoms with van der Waals surface area (Å²) in [6, 6.07) is 9.97. The van der Waals surface area contributed by atoms with Crippen molar-refractivity contribution in [3.63, 3.8) is 0 Å². The normalized spacial score (nSPS) is 10.5. The van der Waals surface area contributed by atoms with Crippen molar-refractivity contribution >= 4 is 38.9 Å². The number of hydrogen-bond acceptors (Lipinski definition) is 2. The average molecular weight is 344 g/mol. The summed E-state index contributed by atoms with van der Waals surface area (Å²) in [6.45, 7) is 0.603. The van der Waals surface area contributed by atoms with E-state index in [9.17, 15) is 4.39 Å². The molecule has 0 unspecified atom stereocenters. The average Bonchev–Trinajstić information content (AvgIpc) is 2.35. The highest BCUT2D eigenvalue weighted by atomic mass is 79.9. The molecule has 0 bridgehead atoms. The van der Waals surface area contributed by atoms with Crippen LogP contribution >= 0.6 is 27.5 Å². The molecule has 5 heteroatoms. The Labute approximate surface area is 125 Å². The van der Waals surface area contributed by atoms with Crippen molar-refractivity contribution < 1.29 is 4.39 Å². The maximum absolute atomic E-state index is 13.0. The van der Waals surface area contributed by atoms with E-state index in [1.54, 1.807) is 18.2 Å². The number of hydrogen-bond donors (Lipinski definition) is 1. The lowest BCUT2D eigenvalue weighted by Crippen LogP contribution is -2.18. The molecule has 2 rings (SSSR count). The van der Waals surface area contributed by atoms with Crippen molar-refractivity contribution in [1.82, 2.24) is 0 Å². The molecule has 0 radical (unpaired) electrons. The van der Waals surface area contributed by atoms with Crippen molar-refractivity contribution in [3.05, 3.63) is 57.3 Å². The van der Waals surface area contributed by atoms with Gasteiger partial charge in [-0.2, -0.15) is 0 Å². The van der Waals surface area contributed by atoms with E-state index in [4.69, 9.17) is 17.3 Å². The highest BCUT2D eigenvalue weighted by molar-refractivity contribution is 9.10. The van der Waals surface area contributed by atoms with Crippen LogP contribution in [0.15, 0.2) is 40.9 Å². The molecule has 2 N–H and O–H groups in total. The van der Waals surface area contributed by atoms with Crippen molar-refractivity contribution in [1.29, 1.82) is 0 Å². The van der Waals surface area contributed by atoms with Gasteiger partial charge in [0.1, 0.15) is 5.82 Å². The van der Waals surface area contributed by atoms with Crippen LogP contribution in [0.3, 0.4) is 0 Å². The molecule has 0 aliphatic rings. The van der Waals surface area contributed by atoms with Gasteiger partial charge in [-0.15, -0.1) is 0 Å². The number of nitrogens with two attached hydrogens (primary N) is 1. The highest BCUT2D eigenvalue weighted by Gasteiger charge is 2.09. The molecular formula is C14H13BrClFN2. The van der Waals surface area contributed by atoms with E-state index in [2.05, 4.69) is 15.9 Å². The zero-order chi connectivity index (χ0) is 14.0. The monoisotopic (exact) mass is 342 g/mol. The van der Waals surface area contributed by atoms with Gasteiger partial charge in [0.05, 0.1) is 11.4 Å². The first-order chi connectivity index (χ1) is 8.97. The summed E-state index contributed by atoms with van der Waals surface area (Å²) < 4.78 is 13.8. The zero-order valence-electron chi connectivity index (χ0n) is 10.3. The van der Waals surface area contributed by atoms with Gasteiger partial charge in [0.25, 0.3) is 0 Å². The molecule has 2 nitrogen and oxygen atoms in total. The summed E-state index contributed by atoms with van der Waals surface area (Å²) in [5.74, 6) is -0.263. The minimum absolute atomic E-state index is 0.263. The van der Waals surface area contributed by atoms with Crippen LogP contribution in [0.1, 0.15) is 5.56 Å². The fourth-order valence-electron chi connectivity index (χ4n) is 1.84. The van der Waals surface area contributed by atoms with Crippen LogP contribution in [-0.4, -0.2) is 7.05 Å². The molecule has 19 heavy (non-hydrogen) atoms. The van der Waals surface area contributed by atoms with Crippen LogP contribution in [0.5, 0.6) is 0 Å². The van der Waals surface area contributed by atoms with Gasteiger partial charge in [-0.05, 0) is 35.9 Å². The topological polar surface area (TPSA) is 29.3 Å². The predicted molar refractivity (Wildman–Crippen MR) is 82.1 cm³/mol. The Balaban J connectivity index is 2.25. The summed E-state index contributed by atoms with van der Waals surface area (Å²) in [6.07, 6.45) is 0. The molecule has 0 saturated carbocycles. The Morgan fingerprint density at radius 3 is 2.68 bits per heavy atom. The molecule has 0 aliphatic carbocycles. The quantitative estimate of drug-likeness (QED) is 0.834. The first-order valence-corrected chi connectivity index (χ1v) is 6.84. The van der Waals surface area contributed by atoms with Crippen LogP contribution < -0.4 is 10.6 Å². The van der Waals surface area contributed by atoms with Gasteiger partial charge in [0.15, 0.2) is 0 Å². The fraction of sp³-hybridized carbons (Fsp3) is 0.143. The molecule has 0 aliphatic heterocycles. The summed E-state index contributed by atoms with van der Waals surface area (Å²) in [5.41, 5.74) is 8.42. The van der Waals surface area contributed by atoms with Gasteiger partial charge in [-0.25, -0.2) is 4.39 Å². The van der Waals surface area contributed by atoms with E-state index < -0.39 is 0 Å². The zero-order valence-corrected chi connectivity index (χ0v) is 12.7. The molecule has 0 aromatic heterocycles. The summed E-state index contributed by atoms with van der Waals surface area (Å²) in [5, 5.41) is 0.634. The maximum Gasteiger partial charge on any atom is 0.124 e. The fourth-order valence-corrected chi connectivity index (χ4v) is 2.48. The molecule has 0 atom stereocenters. The molecule has 0 amide bonds. The number of anilines is 2. The van der Waals surface area contributed by atoms with Crippen LogP contribution in [0.4, 0.5) is 15.8 Å². The Morgan fingerprint density at radius 2 is 2.00 bits per heavy atom. The molecule has 0 fully saturated rings. The molecule has 2 aromatic rings. The largest absolute Gasteiger partial charge is 0.397 e. The van der Waals surface area contributed by atoms with Crippen molar-refractivity contribution in [2.24, 2.45) is 0 Å². The van der Waals surface area contributed by atoms with E-state index in [1.807, 2.05) is 18.0 Å². The number of rotatable bonds is 3. The van der Waals surface area contributed by atoms with Gasteiger partial charge >= 0.3 is 0 Å². The summed E-state index contributed by atoms with van der Waals surface area (Å²) >= 11 is 9.33. The van der Waals surface area contributed by atoms with E-state index in [1.165, 1.54) is 12.1 Å². The molecule has 100 valence electrons. The maximum atomic E-state index is 13.0. The lowest BCUT2D eigenvalue weighted by atomic mass is 10.2. The molecule has 0 spiro atoms. The van der Waals surface area contributed by atoms with Crippen LogP contribution in [-0.2, 0) is 6.54 Å². The third-order valence-electron chi connectivity index (χ3n) is 2.83. The first kappa shape index (κ1) is 14.2. The van der Waals surface area contributed by atoms with Crippen molar-refractivity contribution in [3.8, 4) is 0 Å². The number of benzene rings is 2. The van der Waals surface area contributed by atoms with E-state index in [0.29, 0.717) is 17.3 Å². The Hall–Kier alpha value is -1.26. The first-order valence-electron chi connectivity index (χ1n) is 5.67. The Bertz CT molecular complexity index is 604. The molecular weight excluding hydrogens is 331 g/mol. The second kappa shape index (κ2) is 5.80. The number of nitrogens with zero attached hydrogens (tertiary/aromatic N) is 1. The number of nitrogen functional groups attached to an aromatic ring is 1. The molecule has 2 aromatic carbocycles. The van der Waals surface area contributed by atoms with Gasteiger partial charge < -0.3 is 10.6 Å². The van der Waals surface area contributed by atoms with Gasteiger partial charge in [0, 0.05) is 23.1 Å². The standard InChI is InChI=1S/C14H13BrClFN2/c1-19(14-6-10(16)3-5-13(14)18)8-9-2-4-11(17)7-12(9)15/h2-7H,8,18H2,1H3. The van der Waals surface area contributed by atoms with Gasteiger partial charge in [-0.3, -0.25) is 0 Å². The highest BCUT2D eigenvalue weighted by Crippen LogP contribution is 2.28. The third kappa shape index (κ3) is 3.39. The van der Waals surface area contributed by atoms with Gasteiger partial charge in [0.2, 0.25) is 0 Å². The van der Waals surface area contributed by atoms with E-state index >= 15 is 0 Å². The van der Waals surface area contributed by atoms with Crippen LogP contribution in [0.2, 0.25) is 5.02 Å². The van der Waals surface area contributed by atoms with Crippen molar-refractivity contribution in [2.45, 2.75) is 6.54 Å². The van der Waals surface area contributed by atoms with Crippen LogP contribution in [0.25, 0.3) is 0 Å². The summed E-state index contributed by atoms with van der Waals surface area (Å²) in [4.78, 5) is 1.97. The minimum atomic E-state index is -0.263. The minimum Gasteiger partial charge on any atom is -0.397 e. The molecule has 0 heterocycles. The lowest BCUT2D eigenvalue weighted by molar-refractivity contribution is 0.626. The third-order valence-corrected chi connectivity index (χ3v) is 3.80. The van der Waals surface area contributed by atoms with Crippen molar-refractivity contribution in [2.75, 3.05) is 17.7 Å².